The summed E-state index contributed by atoms with van der Waals surface area (Å²) in [7, 11) is 1.95. The number of hydrogen-bond acceptors (Lipinski definition) is 2. The van der Waals surface area contributed by atoms with Crippen LogP contribution in [0.25, 0.3) is 16.9 Å². The third-order valence-corrected chi connectivity index (χ3v) is 3.61. The van der Waals surface area contributed by atoms with E-state index in [1.165, 1.54) is 11.1 Å². The highest BCUT2D eigenvalue weighted by atomic mass is 15.3. The molecule has 0 spiro atoms. The predicted octanol–water partition coefficient (Wildman–Crippen LogP) is 3.57. The fourth-order valence-corrected chi connectivity index (χ4v) is 2.57. The van der Waals surface area contributed by atoms with E-state index < -0.39 is 0 Å². The van der Waals surface area contributed by atoms with E-state index in [0.717, 1.165) is 23.6 Å². The minimum atomic E-state index is 0.769. The average molecular weight is 277 g/mol. The highest BCUT2D eigenvalue weighted by molar-refractivity contribution is 5.66. The van der Waals surface area contributed by atoms with Crippen molar-refractivity contribution < 1.29 is 0 Å². The van der Waals surface area contributed by atoms with Gasteiger partial charge in [-0.25, -0.2) is 4.68 Å². The molecule has 3 aromatic rings. The minimum absolute atomic E-state index is 0.769. The third kappa shape index (κ3) is 2.60. The molecule has 3 rings (SSSR count). The van der Waals surface area contributed by atoms with Gasteiger partial charge >= 0.3 is 0 Å². The number of para-hydroxylation sites is 1. The van der Waals surface area contributed by atoms with Crippen LogP contribution >= 0.6 is 0 Å². The maximum absolute atomic E-state index is 4.80. The van der Waals surface area contributed by atoms with Crippen LogP contribution in [0.1, 0.15) is 11.3 Å². The number of nitrogens with one attached hydrogen (secondary N) is 1. The van der Waals surface area contributed by atoms with Crippen LogP contribution in [-0.4, -0.2) is 16.8 Å². The summed E-state index contributed by atoms with van der Waals surface area (Å²) in [5.41, 5.74) is 5.74. The number of rotatable bonds is 4. The van der Waals surface area contributed by atoms with E-state index in [1.807, 2.05) is 36.0 Å². The van der Waals surface area contributed by atoms with Crippen LogP contribution in [0.5, 0.6) is 0 Å². The van der Waals surface area contributed by atoms with Crippen LogP contribution in [0.2, 0.25) is 0 Å². The topological polar surface area (TPSA) is 29.9 Å². The van der Waals surface area contributed by atoms with Crippen LogP contribution in [0.3, 0.4) is 0 Å². The first-order valence-electron chi connectivity index (χ1n) is 7.15. The van der Waals surface area contributed by atoms with E-state index >= 15 is 0 Å². The van der Waals surface area contributed by atoms with Gasteiger partial charge in [0.25, 0.3) is 0 Å². The molecule has 0 radical (unpaired) electrons. The van der Waals surface area contributed by atoms with Crippen molar-refractivity contribution in [1.82, 2.24) is 15.1 Å². The van der Waals surface area contributed by atoms with Gasteiger partial charge < -0.3 is 5.32 Å². The molecule has 0 bridgehead atoms. The lowest BCUT2D eigenvalue weighted by Crippen LogP contribution is -2.07. The summed E-state index contributed by atoms with van der Waals surface area (Å²) < 4.78 is 2.04. The van der Waals surface area contributed by atoms with Gasteiger partial charge in [0.15, 0.2) is 0 Å². The van der Waals surface area contributed by atoms with E-state index in [9.17, 15) is 0 Å². The normalized spacial score (nSPS) is 10.8. The Balaban J connectivity index is 2.21. The Kier molecular flexibility index (Phi) is 3.84. The Morgan fingerprint density at radius 1 is 0.952 bits per heavy atom. The summed E-state index contributed by atoms with van der Waals surface area (Å²) in [5.74, 6) is 0. The van der Waals surface area contributed by atoms with Crippen molar-refractivity contribution >= 4 is 0 Å². The first-order valence-corrected chi connectivity index (χ1v) is 7.15. The molecule has 3 nitrogen and oxygen atoms in total. The molecule has 0 aliphatic rings. The van der Waals surface area contributed by atoms with Gasteiger partial charge in [-0.3, -0.25) is 0 Å². The number of aromatic nitrogens is 2. The van der Waals surface area contributed by atoms with Gasteiger partial charge in [-0.05, 0) is 31.7 Å². The van der Waals surface area contributed by atoms with Gasteiger partial charge in [0, 0.05) is 12.1 Å². The second-order valence-electron chi connectivity index (χ2n) is 5.06. The zero-order chi connectivity index (χ0) is 14.7. The Labute approximate surface area is 125 Å². The molecule has 106 valence electrons. The summed E-state index contributed by atoms with van der Waals surface area (Å²) in [4.78, 5) is 0. The Morgan fingerprint density at radius 2 is 1.57 bits per heavy atom. The molecule has 0 fully saturated rings. The molecular formula is C18H19N3. The molecule has 0 atom stereocenters. The van der Waals surface area contributed by atoms with Crippen LogP contribution < -0.4 is 5.32 Å². The highest BCUT2D eigenvalue weighted by Crippen LogP contribution is 2.28. The summed E-state index contributed by atoms with van der Waals surface area (Å²) in [6, 6.07) is 20.7. The molecule has 0 aliphatic heterocycles. The lowest BCUT2D eigenvalue weighted by molar-refractivity contribution is 0.755. The van der Waals surface area contributed by atoms with Gasteiger partial charge in [0.1, 0.15) is 0 Å². The predicted molar refractivity (Wildman–Crippen MR) is 86.5 cm³/mol. The first kappa shape index (κ1) is 13.6. The zero-order valence-corrected chi connectivity index (χ0v) is 12.4. The van der Waals surface area contributed by atoms with Crippen molar-refractivity contribution in [3.05, 3.63) is 71.9 Å². The summed E-state index contributed by atoms with van der Waals surface area (Å²) in [6.07, 6.45) is 0. The highest BCUT2D eigenvalue weighted by Gasteiger charge is 2.16. The van der Waals surface area contributed by atoms with Gasteiger partial charge in [-0.2, -0.15) is 5.10 Å². The quantitative estimate of drug-likeness (QED) is 0.790. The van der Waals surface area contributed by atoms with E-state index in [4.69, 9.17) is 5.10 Å². The molecule has 2 aromatic carbocycles. The van der Waals surface area contributed by atoms with Gasteiger partial charge in [0.2, 0.25) is 0 Å². The van der Waals surface area contributed by atoms with E-state index in [0.29, 0.717) is 0 Å². The summed E-state index contributed by atoms with van der Waals surface area (Å²) >= 11 is 0. The maximum atomic E-state index is 4.80. The molecule has 1 aromatic heterocycles. The van der Waals surface area contributed by atoms with E-state index in [2.05, 4.69) is 48.6 Å². The zero-order valence-electron chi connectivity index (χ0n) is 12.4. The van der Waals surface area contributed by atoms with Crippen LogP contribution in [0.4, 0.5) is 0 Å². The number of benzene rings is 2. The Bertz CT molecular complexity index is 715. The fourth-order valence-electron chi connectivity index (χ4n) is 2.57. The molecule has 0 amide bonds. The Morgan fingerprint density at radius 3 is 2.19 bits per heavy atom. The second-order valence-corrected chi connectivity index (χ2v) is 5.06. The maximum Gasteiger partial charge on any atom is 0.0802 e. The van der Waals surface area contributed by atoms with Crippen molar-refractivity contribution in [2.45, 2.75) is 13.5 Å². The lowest BCUT2D eigenvalue weighted by Gasteiger charge is -2.08. The van der Waals surface area contributed by atoms with Gasteiger partial charge in [-0.15, -0.1) is 0 Å². The largest absolute Gasteiger partial charge is 0.314 e. The molecule has 0 saturated carbocycles. The fraction of sp³-hybridized carbons (Fsp3) is 0.167. The molecule has 0 unspecified atom stereocenters. The first-order chi connectivity index (χ1) is 10.3. The van der Waals surface area contributed by atoms with Crippen LogP contribution in [0, 0.1) is 6.92 Å². The van der Waals surface area contributed by atoms with Gasteiger partial charge in [0.05, 0.1) is 17.1 Å². The van der Waals surface area contributed by atoms with Crippen LogP contribution in [0.15, 0.2) is 60.7 Å². The minimum Gasteiger partial charge on any atom is -0.314 e. The molecule has 21 heavy (non-hydrogen) atoms. The summed E-state index contributed by atoms with van der Waals surface area (Å²) in [5, 5.41) is 7.99. The number of nitrogens with zero attached hydrogens (tertiary/aromatic N) is 2. The summed E-state index contributed by atoms with van der Waals surface area (Å²) in [6.45, 7) is 2.91. The van der Waals surface area contributed by atoms with E-state index in [1.54, 1.807) is 0 Å². The third-order valence-electron chi connectivity index (χ3n) is 3.61. The monoisotopic (exact) mass is 277 g/mol. The van der Waals surface area contributed by atoms with Crippen molar-refractivity contribution in [1.29, 1.82) is 0 Å². The molecule has 1 N–H and O–H groups in total. The van der Waals surface area contributed by atoms with Crippen molar-refractivity contribution in [3.63, 3.8) is 0 Å². The smallest absolute Gasteiger partial charge is 0.0802 e. The molecule has 0 aliphatic carbocycles. The Hall–Kier alpha value is -2.39. The van der Waals surface area contributed by atoms with Gasteiger partial charge in [-0.1, -0.05) is 48.5 Å². The average Bonchev–Trinajstić information content (AvgIpc) is 2.86. The molecule has 0 saturated heterocycles. The molecular weight excluding hydrogens is 258 g/mol. The van der Waals surface area contributed by atoms with Crippen molar-refractivity contribution in [2.24, 2.45) is 0 Å². The van der Waals surface area contributed by atoms with Crippen LogP contribution in [-0.2, 0) is 6.54 Å². The van der Waals surface area contributed by atoms with E-state index in [-0.39, 0.29) is 0 Å². The molecule has 1 heterocycles. The van der Waals surface area contributed by atoms with Crippen molar-refractivity contribution in [2.75, 3.05) is 7.05 Å². The molecule has 3 heteroatoms. The second kappa shape index (κ2) is 5.94. The van der Waals surface area contributed by atoms with Crippen molar-refractivity contribution in [3.8, 4) is 16.9 Å². The SMILES string of the molecule is CNCc1nn(-c2ccccc2)c(-c2ccccc2)c1C. The lowest BCUT2D eigenvalue weighted by atomic mass is 10.1. The number of hydrogen-bond donors (Lipinski definition) is 1. The standard InChI is InChI=1S/C18H19N3/c1-14-17(13-19-2)20-21(16-11-7-4-8-12-16)18(14)15-9-5-3-6-10-15/h3-12,19H,13H2,1-2H3.